The molecule has 118 valence electrons. The summed E-state index contributed by atoms with van der Waals surface area (Å²) in [5.74, 6) is 1.16. The van der Waals surface area contributed by atoms with E-state index >= 15 is 0 Å². The van der Waals surface area contributed by atoms with Gasteiger partial charge in [-0.05, 0) is 38.4 Å². The van der Waals surface area contributed by atoms with Gasteiger partial charge in [0.1, 0.15) is 0 Å². The van der Waals surface area contributed by atoms with E-state index in [2.05, 4.69) is 17.4 Å². The number of rotatable bonds is 5. The third-order valence-corrected chi connectivity index (χ3v) is 5.10. The zero-order chi connectivity index (χ0) is 14.4. The summed E-state index contributed by atoms with van der Waals surface area (Å²) in [7, 11) is 1.96. The number of hydrogen-bond acceptors (Lipinski definition) is 3. The number of hydrogen-bond donors (Lipinski definition) is 1. The molecule has 0 spiro atoms. The lowest BCUT2D eigenvalue weighted by Gasteiger charge is -2.33. The van der Waals surface area contributed by atoms with Gasteiger partial charge < -0.3 is 10.2 Å². The molecule has 1 aliphatic rings. The largest absolute Gasteiger partial charge is 0.342 e. The highest BCUT2D eigenvalue weighted by Crippen LogP contribution is 2.21. The molecular weight excluding hydrogens is 304 g/mol. The van der Waals surface area contributed by atoms with Gasteiger partial charge in [0.05, 0.1) is 5.25 Å². The van der Waals surface area contributed by atoms with Crippen molar-refractivity contribution in [3.8, 4) is 0 Å². The van der Waals surface area contributed by atoms with E-state index in [4.69, 9.17) is 0 Å². The molecule has 0 bridgehead atoms. The molecule has 3 nitrogen and oxygen atoms in total. The van der Waals surface area contributed by atoms with Crippen LogP contribution >= 0.6 is 24.2 Å². The minimum Gasteiger partial charge on any atom is -0.342 e. The van der Waals surface area contributed by atoms with Gasteiger partial charge in [-0.2, -0.15) is 0 Å². The van der Waals surface area contributed by atoms with Crippen LogP contribution in [0.4, 0.5) is 0 Å². The molecule has 1 unspecified atom stereocenters. The summed E-state index contributed by atoms with van der Waals surface area (Å²) in [5.41, 5.74) is 1.28. The third kappa shape index (κ3) is 5.53. The highest BCUT2D eigenvalue weighted by Gasteiger charge is 2.25. The maximum atomic E-state index is 12.4. The van der Waals surface area contributed by atoms with Crippen LogP contribution in [0.25, 0.3) is 0 Å². The molecule has 0 saturated carbocycles. The van der Waals surface area contributed by atoms with Gasteiger partial charge in [-0.1, -0.05) is 30.3 Å². The fourth-order valence-corrected chi connectivity index (χ4v) is 3.47. The number of carbonyl (C=O) groups excluding carboxylic acids is 1. The summed E-state index contributed by atoms with van der Waals surface area (Å²) in [6.07, 6.45) is 2.14. The van der Waals surface area contributed by atoms with Crippen molar-refractivity contribution in [2.45, 2.75) is 36.8 Å². The van der Waals surface area contributed by atoms with E-state index in [1.165, 1.54) is 5.56 Å². The van der Waals surface area contributed by atoms with Crippen molar-refractivity contribution < 1.29 is 4.79 Å². The van der Waals surface area contributed by atoms with Crippen molar-refractivity contribution in [2.75, 3.05) is 20.1 Å². The lowest BCUT2D eigenvalue weighted by atomic mass is 10.1. The van der Waals surface area contributed by atoms with E-state index in [9.17, 15) is 4.79 Å². The molecule has 1 atom stereocenters. The van der Waals surface area contributed by atoms with E-state index in [0.29, 0.717) is 6.04 Å². The Labute approximate surface area is 138 Å². The van der Waals surface area contributed by atoms with Crippen LogP contribution in [0.5, 0.6) is 0 Å². The summed E-state index contributed by atoms with van der Waals surface area (Å²) in [5, 5.41) is 3.36. The van der Waals surface area contributed by atoms with Gasteiger partial charge in [-0.25, -0.2) is 0 Å². The minimum atomic E-state index is 0. The smallest absolute Gasteiger partial charge is 0.235 e. The zero-order valence-corrected chi connectivity index (χ0v) is 14.4. The molecular formula is C16H25ClN2OS. The second kappa shape index (κ2) is 9.34. The van der Waals surface area contributed by atoms with Crippen molar-refractivity contribution in [1.82, 2.24) is 10.2 Å². The Balaban J connectivity index is 0.00000220. The molecule has 1 aliphatic heterocycles. The summed E-state index contributed by atoms with van der Waals surface area (Å²) in [4.78, 5) is 14.4. The van der Waals surface area contributed by atoms with Gasteiger partial charge in [-0.3, -0.25) is 4.79 Å². The molecule has 1 heterocycles. The Morgan fingerprint density at radius 3 is 2.57 bits per heavy atom. The first kappa shape index (κ1) is 18.3. The Kier molecular flexibility index (Phi) is 8.15. The lowest BCUT2D eigenvalue weighted by Crippen LogP contribution is -2.46. The van der Waals surface area contributed by atoms with Gasteiger partial charge >= 0.3 is 0 Å². The van der Waals surface area contributed by atoms with Crippen molar-refractivity contribution in [3.63, 3.8) is 0 Å². The lowest BCUT2D eigenvalue weighted by molar-refractivity contribution is -0.131. The molecule has 1 fully saturated rings. The summed E-state index contributed by atoms with van der Waals surface area (Å²) in [6.45, 7) is 4.06. The number of piperidine rings is 1. The Bertz CT molecular complexity index is 424. The zero-order valence-electron chi connectivity index (χ0n) is 12.7. The first-order valence-electron chi connectivity index (χ1n) is 7.31. The highest BCUT2D eigenvalue weighted by molar-refractivity contribution is 7.99. The van der Waals surface area contributed by atoms with E-state index < -0.39 is 0 Å². The Morgan fingerprint density at radius 2 is 1.95 bits per heavy atom. The van der Waals surface area contributed by atoms with E-state index in [0.717, 1.165) is 31.7 Å². The van der Waals surface area contributed by atoms with E-state index in [-0.39, 0.29) is 23.6 Å². The Morgan fingerprint density at radius 1 is 1.33 bits per heavy atom. The molecule has 5 heteroatoms. The third-order valence-electron chi connectivity index (χ3n) is 3.89. The molecule has 21 heavy (non-hydrogen) atoms. The van der Waals surface area contributed by atoms with Crippen LogP contribution in [0.1, 0.15) is 25.3 Å². The molecule has 1 amide bonds. The molecule has 0 radical (unpaired) electrons. The predicted molar refractivity (Wildman–Crippen MR) is 93.1 cm³/mol. The first-order chi connectivity index (χ1) is 9.68. The summed E-state index contributed by atoms with van der Waals surface area (Å²) >= 11 is 1.72. The summed E-state index contributed by atoms with van der Waals surface area (Å²) in [6, 6.07) is 10.7. The average Bonchev–Trinajstić information content (AvgIpc) is 2.53. The number of amides is 1. The van der Waals surface area contributed by atoms with Gasteiger partial charge in [-0.15, -0.1) is 24.2 Å². The second-order valence-corrected chi connectivity index (χ2v) is 6.70. The van der Waals surface area contributed by atoms with Crippen LogP contribution in [0.2, 0.25) is 0 Å². The molecule has 1 aromatic rings. The number of nitrogens with one attached hydrogen (secondary N) is 1. The van der Waals surface area contributed by atoms with Gasteiger partial charge in [0.2, 0.25) is 5.91 Å². The highest BCUT2D eigenvalue weighted by atomic mass is 35.5. The normalized spacial score (nSPS) is 16.9. The number of carbonyl (C=O) groups is 1. The molecule has 1 saturated heterocycles. The van der Waals surface area contributed by atoms with Crippen LogP contribution in [-0.4, -0.2) is 42.2 Å². The van der Waals surface area contributed by atoms with E-state index in [1.807, 2.05) is 37.1 Å². The fourth-order valence-electron chi connectivity index (χ4n) is 2.53. The Hall–Kier alpha value is -0.710. The molecule has 2 rings (SSSR count). The number of halogens is 1. The van der Waals surface area contributed by atoms with Crippen molar-refractivity contribution in [3.05, 3.63) is 35.9 Å². The van der Waals surface area contributed by atoms with Gasteiger partial charge in [0.15, 0.2) is 0 Å². The SMILES string of the molecule is CC(SCc1ccccc1)C(=O)N(C)C1CCNCC1.Cl. The number of benzene rings is 1. The van der Waals surface area contributed by atoms with Crippen LogP contribution in [0, 0.1) is 0 Å². The quantitative estimate of drug-likeness (QED) is 0.902. The maximum Gasteiger partial charge on any atom is 0.235 e. The minimum absolute atomic E-state index is 0. The van der Waals surface area contributed by atoms with Crippen LogP contribution < -0.4 is 5.32 Å². The standard InChI is InChI=1S/C16H24N2OS.ClH/c1-13(20-12-14-6-4-3-5-7-14)16(19)18(2)15-8-10-17-11-9-15;/h3-7,13,15,17H,8-12H2,1-2H3;1H. The van der Waals surface area contributed by atoms with E-state index in [1.54, 1.807) is 11.8 Å². The van der Waals surface area contributed by atoms with Crippen molar-refractivity contribution in [1.29, 1.82) is 0 Å². The molecule has 1 N–H and O–H groups in total. The maximum absolute atomic E-state index is 12.4. The van der Waals surface area contributed by atoms with Crippen LogP contribution in [-0.2, 0) is 10.5 Å². The number of thioether (sulfide) groups is 1. The number of nitrogens with zero attached hydrogens (tertiary/aromatic N) is 1. The summed E-state index contributed by atoms with van der Waals surface area (Å²) < 4.78 is 0. The van der Waals surface area contributed by atoms with Crippen molar-refractivity contribution in [2.24, 2.45) is 0 Å². The molecule has 0 aliphatic carbocycles. The average molecular weight is 329 g/mol. The van der Waals surface area contributed by atoms with Gasteiger partial charge in [0, 0.05) is 18.8 Å². The fraction of sp³-hybridized carbons (Fsp3) is 0.562. The van der Waals surface area contributed by atoms with Crippen LogP contribution in [0.15, 0.2) is 30.3 Å². The monoisotopic (exact) mass is 328 g/mol. The first-order valence-corrected chi connectivity index (χ1v) is 8.36. The topological polar surface area (TPSA) is 32.3 Å². The van der Waals surface area contributed by atoms with Crippen LogP contribution in [0.3, 0.4) is 0 Å². The van der Waals surface area contributed by atoms with Crippen molar-refractivity contribution >= 4 is 30.1 Å². The molecule has 0 aromatic heterocycles. The predicted octanol–water partition coefficient (Wildman–Crippen LogP) is 2.94. The second-order valence-electron chi connectivity index (χ2n) is 5.37. The molecule has 1 aromatic carbocycles. The van der Waals surface area contributed by atoms with Gasteiger partial charge in [0.25, 0.3) is 0 Å².